The third-order valence-corrected chi connectivity index (χ3v) is 1.77. The first-order valence-corrected chi connectivity index (χ1v) is 4.47. The van der Waals surface area contributed by atoms with Gasteiger partial charge in [-0.15, -0.1) is 0 Å². The molecule has 1 atom stereocenters. The third kappa shape index (κ3) is 5.36. The van der Waals surface area contributed by atoms with E-state index in [1.807, 2.05) is 14.1 Å². The number of rotatable bonds is 5. The highest BCUT2D eigenvalue weighted by atomic mass is 16.1. The molecule has 0 radical (unpaired) electrons. The van der Waals surface area contributed by atoms with Crippen LogP contribution in [0.5, 0.6) is 0 Å². The summed E-state index contributed by atoms with van der Waals surface area (Å²) in [5.74, 6) is -0.00722. The summed E-state index contributed by atoms with van der Waals surface area (Å²) < 4.78 is 0. The van der Waals surface area contributed by atoms with Gasteiger partial charge in [-0.1, -0.05) is 0 Å². The van der Waals surface area contributed by atoms with Crippen LogP contribution in [0.2, 0.25) is 0 Å². The van der Waals surface area contributed by atoms with Gasteiger partial charge in [-0.25, -0.2) is 0 Å². The molecule has 0 rings (SSSR count). The van der Waals surface area contributed by atoms with Gasteiger partial charge in [-0.2, -0.15) is 0 Å². The molecule has 6 nitrogen and oxygen atoms in total. The van der Waals surface area contributed by atoms with Crippen molar-refractivity contribution in [3.63, 3.8) is 0 Å². The molecule has 0 aliphatic rings. The zero-order valence-electron chi connectivity index (χ0n) is 8.73. The third-order valence-electron chi connectivity index (χ3n) is 1.77. The molecule has 0 aliphatic carbocycles. The lowest BCUT2D eigenvalue weighted by Gasteiger charge is -2.10. The van der Waals surface area contributed by atoms with Crippen molar-refractivity contribution in [2.75, 3.05) is 20.6 Å². The van der Waals surface area contributed by atoms with Crippen molar-refractivity contribution in [2.45, 2.75) is 18.9 Å². The van der Waals surface area contributed by atoms with E-state index in [1.54, 1.807) is 4.90 Å². The summed E-state index contributed by atoms with van der Waals surface area (Å²) in [6.07, 6.45) is 1.25. The average Bonchev–Trinajstić information content (AvgIpc) is 2.11. The van der Waals surface area contributed by atoms with E-state index in [0.717, 1.165) is 0 Å². The summed E-state index contributed by atoms with van der Waals surface area (Å²) in [4.78, 5) is 16.3. The summed E-state index contributed by atoms with van der Waals surface area (Å²) >= 11 is 0. The first-order valence-electron chi connectivity index (χ1n) is 4.47. The van der Waals surface area contributed by atoms with Crippen LogP contribution in [-0.4, -0.2) is 43.4 Å². The van der Waals surface area contributed by atoms with Crippen LogP contribution in [0.15, 0.2) is 4.99 Å². The number of nitrogens with zero attached hydrogens (tertiary/aromatic N) is 2. The molecule has 0 aromatic rings. The van der Waals surface area contributed by atoms with Gasteiger partial charge in [0.05, 0.1) is 6.04 Å². The molecule has 82 valence electrons. The SMILES string of the molecule is CN(C)C(N)=NCCCC(N)C(N)=O. The fourth-order valence-electron chi connectivity index (χ4n) is 0.788. The first kappa shape index (κ1) is 12.7. The molecule has 1 amide bonds. The minimum absolute atomic E-state index is 0.470. The number of hydrogen-bond donors (Lipinski definition) is 3. The van der Waals surface area contributed by atoms with Gasteiger partial charge >= 0.3 is 0 Å². The van der Waals surface area contributed by atoms with Crippen LogP contribution in [0, 0.1) is 0 Å². The Labute approximate surface area is 84.1 Å². The Morgan fingerprint density at radius 3 is 2.43 bits per heavy atom. The van der Waals surface area contributed by atoms with Crippen molar-refractivity contribution < 1.29 is 4.79 Å². The van der Waals surface area contributed by atoms with E-state index in [2.05, 4.69) is 4.99 Å². The number of carbonyl (C=O) groups excluding carboxylic acids is 1. The van der Waals surface area contributed by atoms with Gasteiger partial charge in [0.1, 0.15) is 0 Å². The molecular weight excluding hydrogens is 182 g/mol. The Morgan fingerprint density at radius 2 is 2.00 bits per heavy atom. The second-order valence-electron chi connectivity index (χ2n) is 3.29. The molecular formula is C8H19N5O. The van der Waals surface area contributed by atoms with Gasteiger partial charge in [-0.05, 0) is 12.8 Å². The van der Waals surface area contributed by atoms with Gasteiger partial charge in [-0.3, -0.25) is 9.79 Å². The highest BCUT2D eigenvalue weighted by Gasteiger charge is 2.07. The predicted molar refractivity (Wildman–Crippen MR) is 56.6 cm³/mol. The van der Waals surface area contributed by atoms with Crippen LogP contribution in [0.3, 0.4) is 0 Å². The van der Waals surface area contributed by atoms with E-state index in [1.165, 1.54) is 0 Å². The standard InChI is InChI=1S/C8H19N5O/c1-13(2)8(11)12-5-3-4-6(9)7(10)14/h6H,3-5,9H2,1-2H3,(H2,10,14)(H2,11,12). The maximum absolute atomic E-state index is 10.6. The zero-order chi connectivity index (χ0) is 11.1. The van der Waals surface area contributed by atoms with Gasteiger partial charge in [0.2, 0.25) is 5.91 Å². The molecule has 0 spiro atoms. The predicted octanol–water partition coefficient (Wildman–Crippen LogP) is -1.54. The summed E-state index contributed by atoms with van der Waals surface area (Å²) in [6, 6.07) is -0.578. The number of hydrogen-bond acceptors (Lipinski definition) is 3. The van der Waals surface area contributed by atoms with E-state index in [-0.39, 0.29) is 0 Å². The fourth-order valence-corrected chi connectivity index (χ4v) is 0.788. The second-order valence-corrected chi connectivity index (χ2v) is 3.29. The van der Waals surface area contributed by atoms with E-state index in [0.29, 0.717) is 25.3 Å². The Kier molecular flexibility index (Phi) is 5.62. The van der Waals surface area contributed by atoms with Crippen molar-refractivity contribution in [3.8, 4) is 0 Å². The van der Waals surface area contributed by atoms with Crippen molar-refractivity contribution >= 4 is 11.9 Å². The number of carbonyl (C=O) groups is 1. The zero-order valence-corrected chi connectivity index (χ0v) is 8.73. The largest absolute Gasteiger partial charge is 0.370 e. The number of guanidine groups is 1. The molecule has 1 unspecified atom stereocenters. The van der Waals surface area contributed by atoms with Crippen LogP contribution in [-0.2, 0) is 4.79 Å². The second kappa shape index (κ2) is 6.20. The van der Waals surface area contributed by atoms with Crippen LogP contribution in [0.4, 0.5) is 0 Å². The molecule has 0 bridgehead atoms. The van der Waals surface area contributed by atoms with Crippen LogP contribution >= 0.6 is 0 Å². The number of amides is 1. The number of nitrogens with two attached hydrogens (primary N) is 3. The van der Waals surface area contributed by atoms with Crippen molar-refractivity contribution in [2.24, 2.45) is 22.2 Å². The lowest BCUT2D eigenvalue weighted by molar-refractivity contribution is -0.119. The minimum atomic E-state index is -0.578. The smallest absolute Gasteiger partial charge is 0.234 e. The summed E-state index contributed by atoms with van der Waals surface area (Å²) in [7, 11) is 3.63. The highest BCUT2D eigenvalue weighted by Crippen LogP contribution is 1.94. The molecule has 6 N–H and O–H groups in total. The fraction of sp³-hybridized carbons (Fsp3) is 0.750. The van der Waals surface area contributed by atoms with E-state index < -0.39 is 11.9 Å². The Balaban J connectivity index is 3.66. The summed E-state index contributed by atoms with van der Waals surface area (Å²) in [5, 5.41) is 0. The topological polar surface area (TPSA) is 111 Å². The van der Waals surface area contributed by atoms with Gasteiger partial charge in [0, 0.05) is 20.6 Å². The molecule has 0 saturated heterocycles. The number of aliphatic imine (C=N–C) groups is 1. The molecule has 0 aliphatic heterocycles. The van der Waals surface area contributed by atoms with Crippen LogP contribution < -0.4 is 17.2 Å². The van der Waals surface area contributed by atoms with Gasteiger partial charge in [0.15, 0.2) is 5.96 Å². The normalized spacial score (nSPS) is 13.8. The number of primary amides is 1. The van der Waals surface area contributed by atoms with Gasteiger partial charge < -0.3 is 22.1 Å². The van der Waals surface area contributed by atoms with E-state index >= 15 is 0 Å². The van der Waals surface area contributed by atoms with Crippen molar-refractivity contribution in [1.82, 2.24) is 4.90 Å². The lowest BCUT2D eigenvalue weighted by atomic mass is 10.1. The molecule has 14 heavy (non-hydrogen) atoms. The van der Waals surface area contributed by atoms with Crippen LogP contribution in [0.1, 0.15) is 12.8 Å². The molecule has 6 heteroatoms. The van der Waals surface area contributed by atoms with Gasteiger partial charge in [0.25, 0.3) is 0 Å². The molecule has 0 saturated carbocycles. The molecule has 0 aromatic heterocycles. The Hall–Kier alpha value is -1.30. The van der Waals surface area contributed by atoms with E-state index in [4.69, 9.17) is 17.2 Å². The van der Waals surface area contributed by atoms with E-state index in [9.17, 15) is 4.79 Å². The maximum Gasteiger partial charge on any atom is 0.234 e. The molecule has 0 heterocycles. The average molecular weight is 201 g/mol. The minimum Gasteiger partial charge on any atom is -0.370 e. The Morgan fingerprint density at radius 1 is 1.43 bits per heavy atom. The lowest BCUT2D eigenvalue weighted by Crippen LogP contribution is -2.36. The quantitative estimate of drug-likeness (QED) is 0.284. The van der Waals surface area contributed by atoms with Crippen molar-refractivity contribution in [3.05, 3.63) is 0 Å². The summed E-state index contributed by atoms with van der Waals surface area (Å²) in [5.41, 5.74) is 16.0. The van der Waals surface area contributed by atoms with Crippen molar-refractivity contribution in [1.29, 1.82) is 0 Å². The summed E-state index contributed by atoms with van der Waals surface area (Å²) in [6.45, 7) is 0.561. The highest BCUT2D eigenvalue weighted by molar-refractivity contribution is 5.79. The molecule has 0 fully saturated rings. The molecule has 0 aromatic carbocycles. The van der Waals surface area contributed by atoms with Crippen LogP contribution in [0.25, 0.3) is 0 Å². The Bertz CT molecular complexity index is 214. The maximum atomic E-state index is 10.6. The monoisotopic (exact) mass is 201 g/mol. The first-order chi connectivity index (χ1) is 6.45.